The van der Waals surface area contributed by atoms with E-state index in [1.54, 1.807) is 7.11 Å². The monoisotopic (exact) mass is 249 g/mol. The predicted octanol–water partition coefficient (Wildman–Crippen LogP) is 1.03. The van der Waals surface area contributed by atoms with Crippen molar-refractivity contribution in [3.05, 3.63) is 24.3 Å². The average Bonchev–Trinajstić information content (AvgIpc) is 2.41. The van der Waals surface area contributed by atoms with E-state index in [4.69, 9.17) is 4.74 Å². The van der Waals surface area contributed by atoms with Gasteiger partial charge in [-0.2, -0.15) is 0 Å². The molecule has 4 nitrogen and oxygen atoms in total. The van der Waals surface area contributed by atoms with Crippen LogP contribution in [0.2, 0.25) is 0 Å². The first-order valence-electron chi connectivity index (χ1n) is 6.48. The third-order valence-corrected chi connectivity index (χ3v) is 3.64. The van der Waals surface area contributed by atoms with E-state index in [1.807, 2.05) is 13.1 Å². The van der Waals surface area contributed by atoms with Crippen LogP contribution in [-0.2, 0) is 0 Å². The number of nitrogens with zero attached hydrogens (tertiary/aromatic N) is 2. The standard InChI is InChI=1S/C14H23N3O/c1-15-10-13-11-17(8-7-16(13)2)12-5-4-6-14(9-12)18-3/h4-6,9,13,15H,7-8,10-11H2,1-3H3. The zero-order valence-electron chi connectivity index (χ0n) is 11.5. The summed E-state index contributed by atoms with van der Waals surface area (Å²) < 4.78 is 5.29. The fraction of sp³-hybridized carbons (Fsp3) is 0.571. The first kappa shape index (κ1) is 13.2. The molecule has 1 aliphatic heterocycles. The van der Waals surface area contributed by atoms with Crippen molar-refractivity contribution in [1.82, 2.24) is 10.2 Å². The van der Waals surface area contributed by atoms with Gasteiger partial charge in [0.1, 0.15) is 5.75 Å². The van der Waals surface area contributed by atoms with Gasteiger partial charge in [0, 0.05) is 44.0 Å². The number of methoxy groups -OCH3 is 1. The average molecular weight is 249 g/mol. The summed E-state index contributed by atoms with van der Waals surface area (Å²) in [4.78, 5) is 4.86. The Bertz CT molecular complexity index is 383. The van der Waals surface area contributed by atoms with Gasteiger partial charge in [-0.1, -0.05) is 6.07 Å². The van der Waals surface area contributed by atoms with E-state index >= 15 is 0 Å². The summed E-state index contributed by atoms with van der Waals surface area (Å²) in [6.45, 7) is 4.26. The third-order valence-electron chi connectivity index (χ3n) is 3.64. The van der Waals surface area contributed by atoms with E-state index in [0.717, 1.165) is 31.9 Å². The lowest BCUT2D eigenvalue weighted by atomic mass is 10.1. The smallest absolute Gasteiger partial charge is 0.120 e. The number of ether oxygens (including phenoxy) is 1. The second-order valence-corrected chi connectivity index (χ2v) is 4.84. The van der Waals surface area contributed by atoms with Gasteiger partial charge < -0.3 is 15.0 Å². The summed E-state index contributed by atoms with van der Waals surface area (Å²) in [6.07, 6.45) is 0. The summed E-state index contributed by atoms with van der Waals surface area (Å²) in [5, 5.41) is 3.27. The van der Waals surface area contributed by atoms with Crippen molar-refractivity contribution in [2.24, 2.45) is 0 Å². The molecule has 0 aliphatic carbocycles. The number of nitrogens with one attached hydrogen (secondary N) is 1. The van der Waals surface area contributed by atoms with E-state index in [1.165, 1.54) is 5.69 Å². The van der Waals surface area contributed by atoms with E-state index in [2.05, 4.69) is 40.4 Å². The molecule has 4 heteroatoms. The molecule has 1 aliphatic rings. The maximum absolute atomic E-state index is 5.29. The first-order valence-corrected chi connectivity index (χ1v) is 6.48. The fourth-order valence-corrected chi connectivity index (χ4v) is 2.44. The van der Waals surface area contributed by atoms with Crippen LogP contribution >= 0.6 is 0 Å². The molecule has 1 heterocycles. The van der Waals surface area contributed by atoms with Gasteiger partial charge in [-0.25, -0.2) is 0 Å². The van der Waals surface area contributed by atoms with Gasteiger partial charge in [0.15, 0.2) is 0 Å². The second kappa shape index (κ2) is 6.07. The minimum absolute atomic E-state index is 0.565. The van der Waals surface area contributed by atoms with E-state index < -0.39 is 0 Å². The number of rotatable bonds is 4. The van der Waals surface area contributed by atoms with Crippen LogP contribution in [0, 0.1) is 0 Å². The second-order valence-electron chi connectivity index (χ2n) is 4.84. The summed E-state index contributed by atoms with van der Waals surface area (Å²) in [6, 6.07) is 8.88. The molecule has 0 aromatic heterocycles. The molecule has 1 saturated heterocycles. The maximum Gasteiger partial charge on any atom is 0.120 e. The number of piperazine rings is 1. The Balaban J connectivity index is 2.08. The Morgan fingerprint density at radius 1 is 1.39 bits per heavy atom. The van der Waals surface area contributed by atoms with Crippen molar-refractivity contribution in [3.63, 3.8) is 0 Å². The van der Waals surface area contributed by atoms with Crippen LogP contribution in [0.25, 0.3) is 0 Å². The summed E-state index contributed by atoms with van der Waals surface area (Å²) >= 11 is 0. The summed E-state index contributed by atoms with van der Waals surface area (Å²) in [5.41, 5.74) is 1.25. The number of hydrogen-bond acceptors (Lipinski definition) is 4. The molecule has 0 spiro atoms. The van der Waals surface area contributed by atoms with Gasteiger partial charge in [-0.3, -0.25) is 4.90 Å². The van der Waals surface area contributed by atoms with Gasteiger partial charge in [-0.15, -0.1) is 0 Å². The number of benzene rings is 1. The molecule has 100 valence electrons. The fourth-order valence-electron chi connectivity index (χ4n) is 2.44. The highest BCUT2D eigenvalue weighted by atomic mass is 16.5. The Labute approximate surface area is 110 Å². The van der Waals surface area contributed by atoms with Crippen LogP contribution in [0.3, 0.4) is 0 Å². The minimum Gasteiger partial charge on any atom is -0.497 e. The number of anilines is 1. The van der Waals surface area contributed by atoms with E-state index in [-0.39, 0.29) is 0 Å². The van der Waals surface area contributed by atoms with E-state index in [9.17, 15) is 0 Å². The van der Waals surface area contributed by atoms with Crippen molar-refractivity contribution in [2.45, 2.75) is 6.04 Å². The number of likely N-dealkylation sites (N-methyl/N-ethyl adjacent to an activating group) is 2. The van der Waals surface area contributed by atoms with Gasteiger partial charge in [-0.05, 0) is 26.2 Å². The highest BCUT2D eigenvalue weighted by Gasteiger charge is 2.23. The Morgan fingerprint density at radius 3 is 2.94 bits per heavy atom. The Morgan fingerprint density at radius 2 is 2.22 bits per heavy atom. The Hall–Kier alpha value is -1.26. The minimum atomic E-state index is 0.565. The molecule has 1 atom stereocenters. The summed E-state index contributed by atoms with van der Waals surface area (Å²) in [5.74, 6) is 0.927. The molecule has 1 fully saturated rings. The topological polar surface area (TPSA) is 27.7 Å². The summed E-state index contributed by atoms with van der Waals surface area (Å²) in [7, 11) is 5.93. The molecule has 1 aromatic rings. The number of hydrogen-bond donors (Lipinski definition) is 1. The zero-order valence-corrected chi connectivity index (χ0v) is 11.5. The largest absolute Gasteiger partial charge is 0.497 e. The molecule has 0 bridgehead atoms. The third kappa shape index (κ3) is 2.94. The van der Waals surface area contributed by atoms with Gasteiger partial charge >= 0.3 is 0 Å². The van der Waals surface area contributed by atoms with Crippen LogP contribution in [0.15, 0.2) is 24.3 Å². The van der Waals surface area contributed by atoms with Crippen molar-refractivity contribution in [2.75, 3.05) is 52.3 Å². The van der Waals surface area contributed by atoms with Crippen molar-refractivity contribution in [3.8, 4) is 5.75 Å². The van der Waals surface area contributed by atoms with Gasteiger partial charge in [0.25, 0.3) is 0 Å². The molecule has 0 amide bonds. The highest BCUT2D eigenvalue weighted by Crippen LogP contribution is 2.23. The lowest BCUT2D eigenvalue weighted by Crippen LogP contribution is -2.54. The highest BCUT2D eigenvalue weighted by molar-refractivity contribution is 5.51. The SMILES string of the molecule is CNCC1CN(c2cccc(OC)c2)CCN1C. The van der Waals surface area contributed by atoms with E-state index in [0.29, 0.717) is 6.04 Å². The lowest BCUT2D eigenvalue weighted by molar-refractivity contribution is 0.216. The van der Waals surface area contributed by atoms with Crippen LogP contribution in [-0.4, -0.2) is 58.3 Å². The zero-order chi connectivity index (χ0) is 13.0. The molecule has 1 N–H and O–H groups in total. The first-order chi connectivity index (χ1) is 8.74. The van der Waals surface area contributed by atoms with Crippen LogP contribution in [0.4, 0.5) is 5.69 Å². The normalized spacial score (nSPS) is 21.1. The molecule has 0 saturated carbocycles. The van der Waals surface area contributed by atoms with Crippen LogP contribution < -0.4 is 15.0 Å². The quantitative estimate of drug-likeness (QED) is 0.863. The van der Waals surface area contributed by atoms with Crippen LogP contribution in [0.1, 0.15) is 0 Å². The molecule has 1 unspecified atom stereocenters. The lowest BCUT2D eigenvalue weighted by Gasteiger charge is -2.40. The molecule has 0 radical (unpaired) electrons. The Kier molecular flexibility index (Phi) is 4.44. The van der Waals surface area contributed by atoms with Crippen LogP contribution in [0.5, 0.6) is 5.75 Å². The van der Waals surface area contributed by atoms with Gasteiger partial charge in [0.05, 0.1) is 7.11 Å². The maximum atomic E-state index is 5.29. The molecular formula is C14H23N3O. The molecular weight excluding hydrogens is 226 g/mol. The molecule has 1 aromatic carbocycles. The van der Waals surface area contributed by atoms with Gasteiger partial charge in [0.2, 0.25) is 0 Å². The van der Waals surface area contributed by atoms with Crippen molar-refractivity contribution >= 4 is 5.69 Å². The molecule has 2 rings (SSSR count). The predicted molar refractivity (Wildman–Crippen MR) is 75.6 cm³/mol. The molecule has 18 heavy (non-hydrogen) atoms. The van der Waals surface area contributed by atoms with Crippen molar-refractivity contribution in [1.29, 1.82) is 0 Å². The van der Waals surface area contributed by atoms with Crippen molar-refractivity contribution < 1.29 is 4.74 Å².